The van der Waals surface area contributed by atoms with Crippen LogP contribution in [0.2, 0.25) is 0 Å². The van der Waals surface area contributed by atoms with Gasteiger partial charge in [0.1, 0.15) is 5.75 Å². The Labute approximate surface area is 182 Å². The number of pyridine rings is 1. The Morgan fingerprint density at radius 2 is 1.68 bits per heavy atom. The lowest BCUT2D eigenvalue weighted by atomic mass is 9.85. The number of nitrogens with zero attached hydrogens (tertiary/aromatic N) is 1. The first-order valence-corrected chi connectivity index (χ1v) is 10.1. The van der Waals surface area contributed by atoms with Crippen molar-refractivity contribution in [2.24, 2.45) is 0 Å². The Morgan fingerprint density at radius 1 is 0.968 bits per heavy atom. The number of hydrogen-bond acceptors (Lipinski definition) is 4. The van der Waals surface area contributed by atoms with Gasteiger partial charge in [-0.3, -0.25) is 14.6 Å². The number of nitrogens with one attached hydrogen (secondary N) is 2. The Hall–Kier alpha value is -3.67. The van der Waals surface area contributed by atoms with Crippen molar-refractivity contribution in [2.45, 2.75) is 33.1 Å². The number of hydrogen-bond donors (Lipinski definition) is 2. The summed E-state index contributed by atoms with van der Waals surface area (Å²) in [5.74, 6) is 0.0652. The molecule has 2 aromatic carbocycles. The fourth-order valence-electron chi connectivity index (χ4n) is 3.08. The highest BCUT2D eigenvalue weighted by atomic mass is 16.5. The molecule has 0 aliphatic heterocycles. The van der Waals surface area contributed by atoms with Crippen LogP contribution >= 0.6 is 0 Å². The van der Waals surface area contributed by atoms with Gasteiger partial charge in [0.05, 0.1) is 16.9 Å². The zero-order valence-corrected chi connectivity index (χ0v) is 18.2. The summed E-state index contributed by atoms with van der Waals surface area (Å²) in [6.45, 7) is 8.21. The maximum atomic E-state index is 12.6. The Balaban J connectivity index is 1.68. The predicted molar refractivity (Wildman–Crippen MR) is 123 cm³/mol. The van der Waals surface area contributed by atoms with Crippen molar-refractivity contribution >= 4 is 23.2 Å². The number of ether oxygens (including phenoxy) is 1. The molecule has 0 aliphatic rings. The van der Waals surface area contributed by atoms with E-state index in [0.717, 1.165) is 11.1 Å². The van der Waals surface area contributed by atoms with Gasteiger partial charge in [-0.05, 0) is 48.2 Å². The average molecular weight is 418 g/mol. The highest BCUT2D eigenvalue weighted by molar-refractivity contribution is 6.07. The second-order valence-electron chi connectivity index (χ2n) is 8.33. The van der Waals surface area contributed by atoms with Crippen LogP contribution in [-0.4, -0.2) is 23.4 Å². The van der Waals surface area contributed by atoms with E-state index in [1.807, 2.05) is 19.1 Å². The molecule has 0 fully saturated rings. The first kappa shape index (κ1) is 22.0. The van der Waals surface area contributed by atoms with E-state index in [1.165, 1.54) is 6.20 Å². The van der Waals surface area contributed by atoms with E-state index in [9.17, 15) is 9.59 Å². The van der Waals surface area contributed by atoms with Crippen molar-refractivity contribution in [1.29, 1.82) is 0 Å². The molecule has 0 bridgehead atoms. The molecule has 1 aromatic heterocycles. The van der Waals surface area contributed by atoms with Crippen LogP contribution in [0.15, 0.2) is 67.0 Å². The molecule has 6 nitrogen and oxygen atoms in total. The van der Waals surface area contributed by atoms with E-state index in [0.29, 0.717) is 22.7 Å². The largest absolute Gasteiger partial charge is 0.483 e. The standard InChI is InChI=1S/C25H27N3O3/c1-17-11-12-22(19(14-17)25(2,3)4)31-16-23(29)27-20-9-5-6-10-21(20)28-24(30)18-8-7-13-26-15-18/h5-15H,16H2,1-4H3,(H,27,29)(H,28,30). The number of carbonyl (C=O) groups is 2. The van der Waals surface area contributed by atoms with Gasteiger partial charge in [0.15, 0.2) is 6.61 Å². The lowest BCUT2D eigenvalue weighted by molar-refractivity contribution is -0.118. The topological polar surface area (TPSA) is 80.3 Å². The zero-order valence-electron chi connectivity index (χ0n) is 18.2. The number of amides is 2. The van der Waals surface area contributed by atoms with E-state index in [1.54, 1.807) is 42.6 Å². The summed E-state index contributed by atoms with van der Waals surface area (Å²) in [6, 6.07) is 16.3. The van der Waals surface area contributed by atoms with Gasteiger partial charge in [-0.25, -0.2) is 0 Å². The maximum absolute atomic E-state index is 12.6. The number of benzene rings is 2. The van der Waals surface area contributed by atoms with Gasteiger partial charge in [-0.15, -0.1) is 0 Å². The summed E-state index contributed by atoms with van der Waals surface area (Å²) in [6.07, 6.45) is 3.09. The normalized spacial score (nSPS) is 11.0. The van der Waals surface area contributed by atoms with Crippen molar-refractivity contribution in [2.75, 3.05) is 17.2 Å². The lowest BCUT2D eigenvalue weighted by Gasteiger charge is -2.23. The van der Waals surface area contributed by atoms with Gasteiger partial charge in [-0.2, -0.15) is 0 Å². The molecule has 0 saturated heterocycles. The minimum absolute atomic E-state index is 0.110. The molecule has 31 heavy (non-hydrogen) atoms. The first-order valence-electron chi connectivity index (χ1n) is 10.1. The van der Waals surface area contributed by atoms with Crippen molar-refractivity contribution in [1.82, 2.24) is 4.98 Å². The van der Waals surface area contributed by atoms with Gasteiger partial charge in [0, 0.05) is 12.4 Å². The third-order valence-electron chi connectivity index (χ3n) is 4.67. The number of para-hydroxylation sites is 2. The number of anilines is 2. The summed E-state index contributed by atoms with van der Waals surface area (Å²) < 4.78 is 5.84. The second kappa shape index (κ2) is 9.43. The average Bonchev–Trinajstić information content (AvgIpc) is 2.74. The van der Waals surface area contributed by atoms with Crippen molar-refractivity contribution in [3.63, 3.8) is 0 Å². The van der Waals surface area contributed by atoms with Crippen LogP contribution in [-0.2, 0) is 10.2 Å². The molecule has 3 aromatic rings. The fraction of sp³-hybridized carbons (Fsp3) is 0.240. The number of rotatable bonds is 6. The van der Waals surface area contributed by atoms with Gasteiger partial charge in [-0.1, -0.05) is 50.6 Å². The van der Waals surface area contributed by atoms with Gasteiger partial charge in [0.25, 0.3) is 11.8 Å². The zero-order chi connectivity index (χ0) is 22.4. The molecule has 6 heteroatoms. The molecule has 2 N–H and O–H groups in total. The smallest absolute Gasteiger partial charge is 0.262 e. The quantitative estimate of drug-likeness (QED) is 0.594. The molecule has 0 saturated carbocycles. The third kappa shape index (κ3) is 5.92. The molecule has 0 aliphatic carbocycles. The van der Waals surface area contributed by atoms with Gasteiger partial charge >= 0.3 is 0 Å². The van der Waals surface area contributed by atoms with E-state index in [4.69, 9.17) is 4.74 Å². The van der Waals surface area contributed by atoms with Gasteiger partial charge in [0.2, 0.25) is 0 Å². The summed E-state index contributed by atoms with van der Waals surface area (Å²) in [5.41, 5.74) is 3.50. The second-order valence-corrected chi connectivity index (χ2v) is 8.33. The summed E-state index contributed by atoms with van der Waals surface area (Å²) in [4.78, 5) is 28.9. The molecular weight excluding hydrogens is 390 g/mol. The van der Waals surface area contributed by atoms with Crippen LogP contribution in [0.3, 0.4) is 0 Å². The van der Waals surface area contributed by atoms with Crippen LogP contribution in [0, 0.1) is 6.92 Å². The maximum Gasteiger partial charge on any atom is 0.262 e. The Bertz CT molecular complexity index is 1070. The molecule has 1 heterocycles. The minimum Gasteiger partial charge on any atom is -0.483 e. The molecule has 160 valence electrons. The highest BCUT2D eigenvalue weighted by Crippen LogP contribution is 2.32. The van der Waals surface area contributed by atoms with Crippen LogP contribution in [0.25, 0.3) is 0 Å². The monoisotopic (exact) mass is 417 g/mol. The molecule has 2 amide bonds. The Kier molecular flexibility index (Phi) is 6.70. The molecule has 0 radical (unpaired) electrons. The molecular formula is C25H27N3O3. The third-order valence-corrected chi connectivity index (χ3v) is 4.67. The fourth-order valence-corrected chi connectivity index (χ4v) is 3.08. The molecule has 3 rings (SSSR count). The summed E-state index contributed by atoms with van der Waals surface area (Å²) in [5, 5.41) is 5.62. The van der Waals surface area contributed by atoms with Crippen LogP contribution in [0.4, 0.5) is 11.4 Å². The van der Waals surface area contributed by atoms with E-state index >= 15 is 0 Å². The molecule has 0 spiro atoms. The van der Waals surface area contributed by atoms with Crippen molar-refractivity contribution in [3.8, 4) is 5.75 Å². The lowest BCUT2D eigenvalue weighted by Crippen LogP contribution is -2.23. The Morgan fingerprint density at radius 3 is 2.32 bits per heavy atom. The van der Waals surface area contributed by atoms with E-state index in [2.05, 4.69) is 42.5 Å². The predicted octanol–water partition coefficient (Wildman–Crippen LogP) is 4.96. The number of aryl methyl sites for hydroxylation is 1. The van der Waals surface area contributed by atoms with Crippen molar-refractivity contribution < 1.29 is 14.3 Å². The molecule has 0 atom stereocenters. The number of carbonyl (C=O) groups excluding carboxylic acids is 2. The summed E-state index contributed by atoms with van der Waals surface area (Å²) in [7, 11) is 0. The van der Waals surface area contributed by atoms with Crippen molar-refractivity contribution in [3.05, 3.63) is 83.7 Å². The van der Waals surface area contributed by atoms with Crippen LogP contribution in [0.1, 0.15) is 42.3 Å². The van der Waals surface area contributed by atoms with Crippen LogP contribution < -0.4 is 15.4 Å². The van der Waals surface area contributed by atoms with E-state index in [-0.39, 0.29) is 23.8 Å². The number of aromatic nitrogens is 1. The highest BCUT2D eigenvalue weighted by Gasteiger charge is 2.20. The van der Waals surface area contributed by atoms with Gasteiger partial charge < -0.3 is 15.4 Å². The summed E-state index contributed by atoms with van der Waals surface area (Å²) >= 11 is 0. The first-order chi connectivity index (χ1) is 14.7. The SMILES string of the molecule is Cc1ccc(OCC(=O)Nc2ccccc2NC(=O)c2cccnc2)c(C(C)(C)C)c1. The minimum atomic E-state index is -0.316. The molecule has 0 unspecified atom stereocenters. The van der Waals surface area contributed by atoms with E-state index < -0.39 is 0 Å². The van der Waals surface area contributed by atoms with Crippen LogP contribution in [0.5, 0.6) is 5.75 Å².